The average Bonchev–Trinajstić information content (AvgIpc) is 2.27. The van der Waals surface area contributed by atoms with Gasteiger partial charge in [0.05, 0.1) is 18.1 Å². The van der Waals surface area contributed by atoms with Gasteiger partial charge in [-0.2, -0.15) is 0 Å². The van der Waals surface area contributed by atoms with Gasteiger partial charge in [0.25, 0.3) is 0 Å². The van der Waals surface area contributed by atoms with Crippen LogP contribution in [0.15, 0.2) is 23.1 Å². The van der Waals surface area contributed by atoms with Crippen molar-refractivity contribution in [2.75, 3.05) is 30.4 Å². The predicted molar refractivity (Wildman–Crippen MR) is 69.9 cm³/mol. The van der Waals surface area contributed by atoms with E-state index < -0.39 is 10.0 Å². The Labute approximate surface area is 107 Å². The third-order valence-corrected chi connectivity index (χ3v) is 3.83. The van der Waals surface area contributed by atoms with Gasteiger partial charge < -0.3 is 15.4 Å². The van der Waals surface area contributed by atoms with Crippen LogP contribution >= 0.6 is 0 Å². The van der Waals surface area contributed by atoms with Crippen molar-refractivity contribution in [1.29, 1.82) is 0 Å². The third-order valence-electron chi connectivity index (χ3n) is 2.94. The molecule has 0 saturated carbocycles. The van der Waals surface area contributed by atoms with E-state index in [-0.39, 0.29) is 10.9 Å². The fraction of sp³-hybridized carbons (Fsp3) is 0.455. The summed E-state index contributed by atoms with van der Waals surface area (Å²) in [5.41, 5.74) is 6.87. The third kappa shape index (κ3) is 2.74. The number of nitrogens with two attached hydrogens (primary N) is 2. The lowest BCUT2D eigenvalue weighted by Crippen LogP contribution is -2.43. The van der Waals surface area contributed by atoms with Gasteiger partial charge in [-0.05, 0) is 25.1 Å². The van der Waals surface area contributed by atoms with Crippen molar-refractivity contribution in [1.82, 2.24) is 0 Å². The molecular weight excluding hydrogens is 254 g/mol. The number of nitrogens with zero attached hydrogens (tertiary/aromatic N) is 1. The second-order valence-corrected chi connectivity index (χ2v) is 5.98. The number of ether oxygens (including phenoxy) is 1. The Kier molecular flexibility index (Phi) is 3.47. The summed E-state index contributed by atoms with van der Waals surface area (Å²) in [6.07, 6.45) is 0. The normalized spacial score (nSPS) is 21.0. The Balaban J connectivity index is 2.42. The molecule has 1 heterocycles. The number of nitrogen functional groups attached to an aromatic ring is 1. The largest absolute Gasteiger partial charge is 0.399 e. The van der Waals surface area contributed by atoms with Crippen molar-refractivity contribution in [2.24, 2.45) is 5.14 Å². The molecule has 100 valence electrons. The number of primary sulfonamides is 1. The molecule has 1 fully saturated rings. The molecule has 1 aliphatic rings. The molecule has 0 aliphatic carbocycles. The number of sulfonamides is 1. The van der Waals surface area contributed by atoms with Gasteiger partial charge in [0, 0.05) is 24.0 Å². The lowest BCUT2D eigenvalue weighted by molar-refractivity contribution is 0.0989. The van der Waals surface area contributed by atoms with Gasteiger partial charge in [-0.25, -0.2) is 13.6 Å². The predicted octanol–water partition coefficient (Wildman–Crippen LogP) is 0.141. The Hall–Kier alpha value is -1.31. The SMILES string of the molecule is CC1COCCN1c1cc(N)cc(S(N)(=O)=O)c1. The van der Waals surface area contributed by atoms with Gasteiger partial charge >= 0.3 is 0 Å². The van der Waals surface area contributed by atoms with Crippen molar-refractivity contribution < 1.29 is 13.2 Å². The highest BCUT2D eigenvalue weighted by atomic mass is 32.2. The van der Waals surface area contributed by atoms with E-state index in [0.29, 0.717) is 25.4 Å². The van der Waals surface area contributed by atoms with Crippen LogP contribution in [0, 0.1) is 0 Å². The summed E-state index contributed by atoms with van der Waals surface area (Å²) in [5.74, 6) is 0. The van der Waals surface area contributed by atoms with Crippen LogP contribution in [-0.4, -0.2) is 34.2 Å². The van der Waals surface area contributed by atoms with E-state index in [2.05, 4.69) is 4.90 Å². The molecule has 0 bridgehead atoms. The van der Waals surface area contributed by atoms with E-state index in [4.69, 9.17) is 15.6 Å². The lowest BCUT2D eigenvalue weighted by Gasteiger charge is -2.35. The van der Waals surface area contributed by atoms with Crippen LogP contribution in [0.3, 0.4) is 0 Å². The summed E-state index contributed by atoms with van der Waals surface area (Å²) in [7, 11) is -3.74. The minimum Gasteiger partial charge on any atom is -0.399 e. The minimum atomic E-state index is -3.74. The summed E-state index contributed by atoms with van der Waals surface area (Å²) >= 11 is 0. The molecular formula is C11H17N3O3S. The first-order valence-corrected chi connectivity index (χ1v) is 7.20. The van der Waals surface area contributed by atoms with Crippen molar-refractivity contribution in [3.63, 3.8) is 0 Å². The minimum absolute atomic E-state index is 0.0381. The molecule has 0 amide bonds. The van der Waals surface area contributed by atoms with Crippen molar-refractivity contribution in [2.45, 2.75) is 17.9 Å². The second-order valence-electron chi connectivity index (χ2n) is 4.42. The second kappa shape index (κ2) is 4.75. The molecule has 1 aromatic rings. The van der Waals surface area contributed by atoms with E-state index in [1.807, 2.05) is 6.92 Å². The molecule has 1 aliphatic heterocycles. The maximum atomic E-state index is 11.4. The van der Waals surface area contributed by atoms with E-state index in [1.165, 1.54) is 6.07 Å². The van der Waals surface area contributed by atoms with Gasteiger partial charge in [-0.3, -0.25) is 0 Å². The lowest BCUT2D eigenvalue weighted by atomic mass is 10.2. The Morgan fingerprint density at radius 3 is 2.72 bits per heavy atom. The zero-order valence-electron chi connectivity index (χ0n) is 10.2. The topological polar surface area (TPSA) is 98.7 Å². The van der Waals surface area contributed by atoms with Gasteiger partial charge in [0.1, 0.15) is 0 Å². The number of anilines is 2. The molecule has 0 radical (unpaired) electrons. The fourth-order valence-electron chi connectivity index (χ4n) is 2.05. The molecule has 1 saturated heterocycles. The van der Waals surface area contributed by atoms with Gasteiger partial charge in [-0.15, -0.1) is 0 Å². The van der Waals surface area contributed by atoms with Crippen LogP contribution in [0.4, 0.5) is 11.4 Å². The summed E-state index contributed by atoms with van der Waals surface area (Å²) in [6, 6.07) is 4.84. The number of morpholine rings is 1. The van der Waals surface area contributed by atoms with Crippen LogP contribution in [-0.2, 0) is 14.8 Å². The number of rotatable bonds is 2. The Morgan fingerprint density at radius 1 is 1.39 bits per heavy atom. The quantitative estimate of drug-likeness (QED) is 0.746. The molecule has 4 N–H and O–H groups in total. The zero-order chi connectivity index (χ0) is 13.3. The molecule has 18 heavy (non-hydrogen) atoms. The maximum absolute atomic E-state index is 11.4. The van der Waals surface area contributed by atoms with E-state index in [1.54, 1.807) is 12.1 Å². The zero-order valence-corrected chi connectivity index (χ0v) is 11.0. The van der Waals surface area contributed by atoms with E-state index >= 15 is 0 Å². The van der Waals surface area contributed by atoms with Crippen molar-refractivity contribution >= 4 is 21.4 Å². The van der Waals surface area contributed by atoms with Crippen LogP contribution in [0.2, 0.25) is 0 Å². The van der Waals surface area contributed by atoms with E-state index in [9.17, 15) is 8.42 Å². The summed E-state index contributed by atoms with van der Waals surface area (Å²) in [4.78, 5) is 2.10. The van der Waals surface area contributed by atoms with Gasteiger partial charge in [0.15, 0.2) is 0 Å². The number of benzene rings is 1. The van der Waals surface area contributed by atoms with Crippen LogP contribution in [0.1, 0.15) is 6.92 Å². The van der Waals surface area contributed by atoms with E-state index in [0.717, 1.165) is 5.69 Å². The molecule has 6 nitrogen and oxygen atoms in total. The van der Waals surface area contributed by atoms with Crippen LogP contribution in [0.25, 0.3) is 0 Å². The average molecular weight is 271 g/mol. The highest BCUT2D eigenvalue weighted by Crippen LogP contribution is 2.25. The molecule has 1 atom stereocenters. The first-order valence-electron chi connectivity index (χ1n) is 5.65. The summed E-state index contributed by atoms with van der Waals surface area (Å²) in [6.45, 7) is 3.94. The van der Waals surface area contributed by atoms with Crippen LogP contribution < -0.4 is 15.8 Å². The molecule has 1 aromatic carbocycles. The Morgan fingerprint density at radius 2 is 2.11 bits per heavy atom. The highest BCUT2D eigenvalue weighted by molar-refractivity contribution is 7.89. The number of hydrogen-bond acceptors (Lipinski definition) is 5. The first kappa shape index (κ1) is 13.1. The van der Waals surface area contributed by atoms with Crippen molar-refractivity contribution in [3.8, 4) is 0 Å². The summed E-state index contributed by atoms with van der Waals surface area (Å²) in [5, 5.41) is 5.13. The monoisotopic (exact) mass is 271 g/mol. The highest BCUT2D eigenvalue weighted by Gasteiger charge is 2.21. The van der Waals surface area contributed by atoms with Gasteiger partial charge in [0.2, 0.25) is 10.0 Å². The summed E-state index contributed by atoms with van der Waals surface area (Å²) < 4.78 is 28.1. The Bertz CT molecular complexity index is 544. The standard InChI is InChI=1S/C11H17N3O3S/c1-8-7-17-3-2-14(8)10-4-9(12)5-11(6-10)18(13,15)16/h4-6,8H,2-3,7,12H2,1H3,(H2,13,15,16). The number of hydrogen-bond donors (Lipinski definition) is 2. The van der Waals surface area contributed by atoms with Crippen molar-refractivity contribution in [3.05, 3.63) is 18.2 Å². The molecule has 7 heteroatoms. The van der Waals surface area contributed by atoms with Gasteiger partial charge in [-0.1, -0.05) is 0 Å². The maximum Gasteiger partial charge on any atom is 0.238 e. The molecule has 1 unspecified atom stereocenters. The molecule has 0 aromatic heterocycles. The molecule has 0 spiro atoms. The molecule has 2 rings (SSSR count). The fourth-order valence-corrected chi connectivity index (χ4v) is 2.63. The van der Waals surface area contributed by atoms with Crippen LogP contribution in [0.5, 0.6) is 0 Å². The smallest absolute Gasteiger partial charge is 0.238 e. The first-order chi connectivity index (χ1) is 8.38.